The van der Waals surface area contributed by atoms with Crippen molar-refractivity contribution in [1.29, 1.82) is 0 Å². The largest absolute Gasteiger partial charge is 0.462 e. The van der Waals surface area contributed by atoms with Crippen molar-refractivity contribution < 1.29 is 9.53 Å². The Balaban J connectivity index is 1.58. The van der Waals surface area contributed by atoms with Crippen molar-refractivity contribution in [2.75, 3.05) is 0 Å². The lowest BCUT2D eigenvalue weighted by atomic mass is 9.45. The zero-order valence-electron chi connectivity index (χ0n) is 17.9. The van der Waals surface area contributed by atoms with Gasteiger partial charge in [0.05, 0.1) is 0 Å². The zero-order valence-corrected chi connectivity index (χ0v) is 17.9. The highest BCUT2D eigenvalue weighted by atomic mass is 16.5. The van der Waals surface area contributed by atoms with Gasteiger partial charge in [0.2, 0.25) is 0 Å². The molecule has 0 aromatic carbocycles. The van der Waals surface area contributed by atoms with Gasteiger partial charge in [0, 0.05) is 31.7 Å². The first-order valence-corrected chi connectivity index (χ1v) is 11.4. The van der Waals surface area contributed by atoms with Crippen LogP contribution >= 0.6 is 0 Å². The normalized spacial score (nSPS) is 43.0. The molecule has 2 fully saturated rings. The Labute approximate surface area is 174 Å². The van der Waals surface area contributed by atoms with Gasteiger partial charge in [-0.2, -0.15) is 0 Å². The molecule has 1 aromatic rings. The van der Waals surface area contributed by atoms with E-state index in [9.17, 15) is 4.79 Å². The van der Waals surface area contributed by atoms with E-state index in [1.807, 2.05) is 6.20 Å². The predicted octanol–water partition coefficient (Wildman–Crippen LogP) is 5.84. The van der Waals surface area contributed by atoms with Crippen molar-refractivity contribution in [3.63, 3.8) is 0 Å². The molecular formula is C26H33NO2. The molecule has 0 radical (unpaired) electrons. The Morgan fingerprint density at radius 2 is 2.07 bits per heavy atom. The van der Waals surface area contributed by atoms with Gasteiger partial charge in [-0.1, -0.05) is 43.7 Å². The molecule has 3 nitrogen and oxygen atoms in total. The molecular weight excluding hydrogens is 358 g/mol. The number of ether oxygens (including phenoxy) is 1. The number of hydrogen-bond donors (Lipinski definition) is 0. The molecule has 2 saturated carbocycles. The number of hydrogen-bond acceptors (Lipinski definition) is 3. The van der Waals surface area contributed by atoms with Crippen molar-refractivity contribution in [3.8, 4) is 0 Å². The van der Waals surface area contributed by atoms with Crippen LogP contribution in [0, 0.1) is 28.6 Å². The van der Waals surface area contributed by atoms with Gasteiger partial charge in [-0.25, -0.2) is 0 Å². The smallest absolute Gasteiger partial charge is 0.302 e. The second kappa shape index (κ2) is 6.82. The van der Waals surface area contributed by atoms with Crippen LogP contribution in [0.5, 0.6) is 0 Å². The maximum atomic E-state index is 11.6. The first-order chi connectivity index (χ1) is 13.9. The fourth-order valence-electron chi connectivity index (χ4n) is 7.36. The first-order valence-electron chi connectivity index (χ1n) is 11.4. The van der Waals surface area contributed by atoms with Crippen LogP contribution in [-0.4, -0.2) is 17.1 Å². The maximum absolute atomic E-state index is 11.6. The van der Waals surface area contributed by atoms with Gasteiger partial charge in [-0.05, 0) is 72.3 Å². The number of pyridine rings is 1. The quantitative estimate of drug-likeness (QED) is 0.470. The van der Waals surface area contributed by atoms with E-state index >= 15 is 0 Å². The Hall–Kier alpha value is -1.90. The average molecular weight is 392 g/mol. The molecule has 0 saturated heterocycles. The van der Waals surface area contributed by atoms with Gasteiger partial charge in [0.1, 0.15) is 6.10 Å². The summed E-state index contributed by atoms with van der Waals surface area (Å²) < 4.78 is 5.65. The molecule has 0 aliphatic heterocycles. The Morgan fingerprint density at radius 3 is 2.83 bits per heavy atom. The van der Waals surface area contributed by atoms with E-state index in [2.05, 4.69) is 55.4 Å². The molecule has 1 aromatic heterocycles. The van der Waals surface area contributed by atoms with Crippen molar-refractivity contribution in [3.05, 3.63) is 53.9 Å². The average Bonchev–Trinajstić information content (AvgIpc) is 3.10. The first kappa shape index (κ1) is 19.1. The minimum absolute atomic E-state index is 0.0416. The summed E-state index contributed by atoms with van der Waals surface area (Å²) in [4.78, 5) is 16.0. The summed E-state index contributed by atoms with van der Waals surface area (Å²) in [5, 5.41) is 0. The third-order valence-corrected chi connectivity index (χ3v) is 8.84. The van der Waals surface area contributed by atoms with Crippen molar-refractivity contribution in [1.82, 2.24) is 4.98 Å². The summed E-state index contributed by atoms with van der Waals surface area (Å²) in [5.41, 5.74) is 3.46. The Bertz CT molecular complexity index is 859. The minimum Gasteiger partial charge on any atom is -0.462 e. The van der Waals surface area contributed by atoms with Gasteiger partial charge in [-0.15, -0.1) is 0 Å². The topological polar surface area (TPSA) is 39.2 Å². The SMILES string of the molecule is CC(=O)OC1CC[C@@]2(C)C(=CC(c3cccnc3)[C@H]3[C@@H]4CC=C[C@@]4(C)CC[C@@H]32)C1. The lowest BCUT2D eigenvalue weighted by Crippen LogP contribution is -2.51. The number of esters is 1. The van der Waals surface area contributed by atoms with E-state index < -0.39 is 0 Å². The van der Waals surface area contributed by atoms with Gasteiger partial charge in [0.25, 0.3) is 0 Å². The molecule has 0 N–H and O–H groups in total. The maximum Gasteiger partial charge on any atom is 0.302 e. The number of nitrogens with zero attached hydrogens (tertiary/aromatic N) is 1. The summed E-state index contributed by atoms with van der Waals surface area (Å²) in [7, 11) is 0. The summed E-state index contributed by atoms with van der Waals surface area (Å²) in [6.07, 6.45) is 18.3. The minimum atomic E-state index is -0.151. The van der Waals surface area contributed by atoms with E-state index in [1.165, 1.54) is 37.3 Å². The lowest BCUT2D eigenvalue weighted by Gasteiger charge is -2.59. The predicted molar refractivity (Wildman–Crippen MR) is 114 cm³/mol. The molecule has 0 spiro atoms. The molecule has 0 amide bonds. The highest BCUT2D eigenvalue weighted by molar-refractivity contribution is 5.66. The summed E-state index contributed by atoms with van der Waals surface area (Å²) in [6.45, 7) is 6.52. The summed E-state index contributed by atoms with van der Waals surface area (Å²) in [6, 6.07) is 4.34. The zero-order chi connectivity index (χ0) is 20.2. The molecule has 2 unspecified atom stereocenters. The van der Waals surface area contributed by atoms with Crippen LogP contribution < -0.4 is 0 Å². The van der Waals surface area contributed by atoms with Crippen LogP contribution in [0.25, 0.3) is 0 Å². The fourth-order valence-corrected chi connectivity index (χ4v) is 7.36. The van der Waals surface area contributed by atoms with Gasteiger partial charge in [-0.3, -0.25) is 9.78 Å². The van der Waals surface area contributed by atoms with Crippen molar-refractivity contribution in [2.45, 2.75) is 71.3 Å². The molecule has 7 atom stereocenters. The molecule has 3 heteroatoms. The molecule has 1 heterocycles. The second-order valence-corrected chi connectivity index (χ2v) is 10.4. The number of carbonyl (C=O) groups excluding carboxylic acids is 1. The third-order valence-electron chi connectivity index (χ3n) is 8.84. The molecule has 4 aliphatic carbocycles. The van der Waals surface area contributed by atoms with Gasteiger partial charge < -0.3 is 4.74 Å². The van der Waals surface area contributed by atoms with Crippen molar-refractivity contribution in [2.24, 2.45) is 28.6 Å². The third kappa shape index (κ3) is 3.00. The highest BCUT2D eigenvalue weighted by Gasteiger charge is 2.57. The molecule has 5 rings (SSSR count). The lowest BCUT2D eigenvalue weighted by molar-refractivity contribution is -0.148. The van der Waals surface area contributed by atoms with E-state index in [1.54, 1.807) is 0 Å². The molecule has 0 bridgehead atoms. The number of allylic oxidation sites excluding steroid dienone is 3. The summed E-state index contributed by atoms with van der Waals surface area (Å²) in [5.74, 6) is 2.34. The van der Waals surface area contributed by atoms with Gasteiger partial charge in [0.15, 0.2) is 0 Å². The number of fused-ring (bicyclic) bond motifs is 5. The van der Waals surface area contributed by atoms with E-state index in [0.29, 0.717) is 29.1 Å². The summed E-state index contributed by atoms with van der Waals surface area (Å²) >= 11 is 0. The van der Waals surface area contributed by atoms with Crippen LogP contribution in [0.4, 0.5) is 0 Å². The standard InChI is InChI=1S/C26H33NO2/c1-17(28)29-20-8-12-26(3)19(14-20)15-21(18-6-5-13-27-16-18)24-22-7-4-10-25(22,2)11-9-23(24)26/h4-6,10,13,15-16,20-24H,7-9,11-12,14H2,1-3H3/t20?,21?,22-,23-,24-,25-,26-/m0/s1. The van der Waals surface area contributed by atoms with Crippen LogP contribution in [0.15, 0.2) is 48.3 Å². The number of aromatic nitrogens is 1. The second-order valence-electron chi connectivity index (χ2n) is 10.4. The van der Waals surface area contributed by atoms with Crippen LogP contribution in [0.3, 0.4) is 0 Å². The fraction of sp³-hybridized carbons (Fsp3) is 0.615. The molecule has 4 aliphatic rings. The number of rotatable bonds is 2. The van der Waals surface area contributed by atoms with E-state index in [0.717, 1.165) is 19.3 Å². The molecule has 29 heavy (non-hydrogen) atoms. The van der Waals surface area contributed by atoms with E-state index in [4.69, 9.17) is 4.74 Å². The van der Waals surface area contributed by atoms with Crippen LogP contribution in [0.1, 0.15) is 70.8 Å². The van der Waals surface area contributed by atoms with E-state index in [-0.39, 0.29) is 17.5 Å². The number of carbonyl (C=O) groups is 1. The van der Waals surface area contributed by atoms with Crippen molar-refractivity contribution >= 4 is 5.97 Å². The van der Waals surface area contributed by atoms with Gasteiger partial charge >= 0.3 is 5.97 Å². The molecule has 154 valence electrons. The highest BCUT2D eigenvalue weighted by Crippen LogP contribution is 2.66. The van der Waals surface area contributed by atoms with Crippen LogP contribution in [-0.2, 0) is 9.53 Å². The Kier molecular flexibility index (Phi) is 4.49. The Morgan fingerprint density at radius 1 is 1.21 bits per heavy atom. The van der Waals surface area contributed by atoms with Crippen LogP contribution in [0.2, 0.25) is 0 Å². The monoisotopic (exact) mass is 391 g/mol.